The SMILES string of the molecule is N=CC1=C(Nc2ccc(F)c(F)c2)C=C2CCN(Sc3ccc(Cl)c(Cl)c3)CC2(C=O)C1. The molecule has 4 rings (SSSR count). The second-order valence-corrected chi connectivity index (χ2v) is 9.72. The van der Waals surface area contributed by atoms with Crippen molar-refractivity contribution in [1.82, 2.24) is 4.31 Å². The van der Waals surface area contributed by atoms with Crippen molar-refractivity contribution in [2.24, 2.45) is 5.41 Å². The summed E-state index contributed by atoms with van der Waals surface area (Å²) >= 11 is 13.6. The molecule has 1 saturated heterocycles. The number of rotatable bonds is 6. The molecule has 0 saturated carbocycles. The van der Waals surface area contributed by atoms with Gasteiger partial charge in [0.05, 0.1) is 15.5 Å². The van der Waals surface area contributed by atoms with Gasteiger partial charge in [-0.3, -0.25) is 0 Å². The van der Waals surface area contributed by atoms with Gasteiger partial charge in [0, 0.05) is 41.7 Å². The summed E-state index contributed by atoms with van der Waals surface area (Å²) < 4.78 is 29.0. The van der Waals surface area contributed by atoms with E-state index in [1.807, 2.05) is 12.1 Å². The highest BCUT2D eigenvalue weighted by molar-refractivity contribution is 7.97. The van der Waals surface area contributed by atoms with Crippen LogP contribution in [0.1, 0.15) is 12.8 Å². The molecular formula is C23H19Cl2F2N3OS. The number of carbonyl (C=O) groups is 1. The Bertz CT molecular complexity index is 1150. The number of hydrogen-bond donors (Lipinski definition) is 2. The molecule has 2 aromatic carbocycles. The van der Waals surface area contributed by atoms with E-state index in [9.17, 15) is 13.6 Å². The van der Waals surface area contributed by atoms with E-state index in [0.717, 1.165) is 28.9 Å². The third-order valence-electron chi connectivity index (χ3n) is 5.62. The molecule has 0 amide bonds. The van der Waals surface area contributed by atoms with Crippen LogP contribution >= 0.6 is 35.1 Å². The fraction of sp³-hybridized carbons (Fsp3) is 0.217. The van der Waals surface area contributed by atoms with Crippen LogP contribution in [0.4, 0.5) is 14.5 Å². The molecule has 0 radical (unpaired) electrons. The van der Waals surface area contributed by atoms with Crippen molar-refractivity contribution in [2.75, 3.05) is 18.4 Å². The minimum atomic E-state index is -0.953. The highest BCUT2D eigenvalue weighted by Gasteiger charge is 2.42. The number of nitrogens with one attached hydrogen (secondary N) is 2. The fourth-order valence-electron chi connectivity index (χ4n) is 3.97. The van der Waals surface area contributed by atoms with Gasteiger partial charge in [-0.05, 0) is 66.8 Å². The summed E-state index contributed by atoms with van der Waals surface area (Å²) in [5.74, 6) is -1.88. The molecule has 1 atom stereocenters. The van der Waals surface area contributed by atoms with Crippen molar-refractivity contribution in [2.45, 2.75) is 17.7 Å². The molecule has 1 aliphatic carbocycles. The molecular weight excluding hydrogens is 475 g/mol. The topological polar surface area (TPSA) is 56.2 Å². The molecule has 1 fully saturated rings. The molecule has 0 spiro atoms. The maximum atomic E-state index is 13.6. The molecule has 0 bridgehead atoms. The molecule has 2 aliphatic rings. The Morgan fingerprint density at radius 2 is 1.94 bits per heavy atom. The Kier molecular flexibility index (Phi) is 6.72. The standard InChI is InChI=1S/C23H19Cl2F2N3OS/c24-18-3-2-17(9-19(18)25)32-30-6-5-15-7-22(14(11-28)10-23(15,12-30)13-31)29-16-1-4-20(26)21(27)8-16/h1-4,7-9,11,13,28-29H,5-6,10,12H2. The van der Waals surface area contributed by atoms with E-state index in [1.54, 1.807) is 12.1 Å². The lowest BCUT2D eigenvalue weighted by atomic mass is 9.69. The quantitative estimate of drug-likeness (QED) is 0.273. The first kappa shape index (κ1) is 23.0. The molecule has 1 aliphatic heterocycles. The maximum Gasteiger partial charge on any atom is 0.160 e. The van der Waals surface area contributed by atoms with E-state index in [0.29, 0.717) is 52.9 Å². The van der Waals surface area contributed by atoms with Gasteiger partial charge in [-0.15, -0.1) is 0 Å². The zero-order valence-corrected chi connectivity index (χ0v) is 19.1. The Hall–Kier alpha value is -2.19. The first-order valence-corrected chi connectivity index (χ1v) is 11.4. The van der Waals surface area contributed by atoms with Crippen LogP contribution in [0, 0.1) is 22.5 Å². The molecule has 9 heteroatoms. The summed E-state index contributed by atoms with van der Waals surface area (Å²) in [4.78, 5) is 13.2. The van der Waals surface area contributed by atoms with Gasteiger partial charge in [0.15, 0.2) is 11.6 Å². The minimum Gasteiger partial charge on any atom is -0.355 e. The van der Waals surface area contributed by atoms with Crippen molar-refractivity contribution >= 4 is 53.3 Å². The van der Waals surface area contributed by atoms with Gasteiger partial charge < -0.3 is 15.5 Å². The maximum absolute atomic E-state index is 13.6. The number of carbonyl (C=O) groups excluding carboxylic acids is 1. The van der Waals surface area contributed by atoms with Gasteiger partial charge >= 0.3 is 0 Å². The van der Waals surface area contributed by atoms with Crippen LogP contribution in [-0.4, -0.2) is 29.9 Å². The van der Waals surface area contributed by atoms with Gasteiger partial charge in [0.25, 0.3) is 0 Å². The number of anilines is 1. The molecule has 0 aromatic heterocycles. The van der Waals surface area contributed by atoms with E-state index in [1.165, 1.54) is 24.2 Å². The summed E-state index contributed by atoms with van der Waals surface area (Å²) in [6, 6.07) is 8.97. The Morgan fingerprint density at radius 3 is 2.62 bits per heavy atom. The molecule has 166 valence electrons. The normalized spacial score (nSPS) is 21.1. The number of benzene rings is 2. The predicted molar refractivity (Wildman–Crippen MR) is 125 cm³/mol. The van der Waals surface area contributed by atoms with Crippen LogP contribution in [-0.2, 0) is 4.79 Å². The summed E-state index contributed by atoms with van der Waals surface area (Å²) in [5, 5.41) is 11.9. The van der Waals surface area contributed by atoms with Gasteiger partial charge in [-0.2, -0.15) is 0 Å². The van der Waals surface area contributed by atoms with Crippen LogP contribution in [0.2, 0.25) is 10.0 Å². The average molecular weight is 494 g/mol. The first-order chi connectivity index (χ1) is 15.3. The summed E-state index contributed by atoms with van der Waals surface area (Å²) in [5.41, 5.74) is 1.81. The predicted octanol–water partition coefficient (Wildman–Crippen LogP) is 6.52. The summed E-state index contributed by atoms with van der Waals surface area (Å²) in [6.07, 6.45) is 5.02. The monoisotopic (exact) mass is 493 g/mol. The number of piperidine rings is 1. The first-order valence-electron chi connectivity index (χ1n) is 9.84. The number of aldehydes is 1. The fourth-order valence-corrected chi connectivity index (χ4v) is 5.40. The third-order valence-corrected chi connectivity index (χ3v) is 7.40. The number of nitrogens with zero attached hydrogens (tertiary/aromatic N) is 1. The summed E-state index contributed by atoms with van der Waals surface area (Å²) in [7, 11) is 0. The van der Waals surface area contributed by atoms with E-state index in [4.69, 9.17) is 28.6 Å². The lowest BCUT2D eigenvalue weighted by Gasteiger charge is -2.43. The Labute approximate surface area is 198 Å². The van der Waals surface area contributed by atoms with E-state index in [2.05, 4.69) is 9.62 Å². The van der Waals surface area contributed by atoms with Gasteiger partial charge in [-0.25, -0.2) is 13.1 Å². The van der Waals surface area contributed by atoms with Crippen LogP contribution < -0.4 is 5.32 Å². The number of allylic oxidation sites excluding steroid dienone is 2. The van der Waals surface area contributed by atoms with Crippen molar-refractivity contribution in [3.8, 4) is 0 Å². The van der Waals surface area contributed by atoms with Crippen molar-refractivity contribution in [3.05, 3.63) is 81.0 Å². The van der Waals surface area contributed by atoms with Crippen LogP contribution in [0.3, 0.4) is 0 Å². The van der Waals surface area contributed by atoms with Gasteiger partial charge in [-0.1, -0.05) is 28.8 Å². The van der Waals surface area contributed by atoms with E-state index >= 15 is 0 Å². The van der Waals surface area contributed by atoms with E-state index in [-0.39, 0.29) is 0 Å². The average Bonchev–Trinajstić information content (AvgIpc) is 2.78. The second kappa shape index (κ2) is 9.35. The smallest absolute Gasteiger partial charge is 0.160 e. The highest BCUT2D eigenvalue weighted by Crippen LogP contribution is 2.45. The number of halogens is 4. The van der Waals surface area contributed by atoms with E-state index < -0.39 is 17.0 Å². The van der Waals surface area contributed by atoms with Crippen LogP contribution in [0.25, 0.3) is 0 Å². The Balaban J connectivity index is 1.56. The minimum absolute atomic E-state index is 0.344. The van der Waals surface area contributed by atoms with Gasteiger partial charge in [0.2, 0.25) is 0 Å². The molecule has 2 aromatic rings. The lowest BCUT2D eigenvalue weighted by molar-refractivity contribution is -0.115. The number of hydrogen-bond acceptors (Lipinski definition) is 5. The van der Waals surface area contributed by atoms with Crippen molar-refractivity contribution < 1.29 is 13.6 Å². The zero-order valence-electron chi connectivity index (χ0n) is 16.8. The largest absolute Gasteiger partial charge is 0.355 e. The highest BCUT2D eigenvalue weighted by atomic mass is 35.5. The number of fused-ring (bicyclic) bond motifs is 1. The molecule has 2 N–H and O–H groups in total. The zero-order chi connectivity index (χ0) is 22.9. The third kappa shape index (κ3) is 4.62. The summed E-state index contributed by atoms with van der Waals surface area (Å²) in [6.45, 7) is 1.19. The van der Waals surface area contributed by atoms with Crippen LogP contribution in [0.5, 0.6) is 0 Å². The van der Waals surface area contributed by atoms with Crippen molar-refractivity contribution in [1.29, 1.82) is 5.41 Å². The molecule has 32 heavy (non-hydrogen) atoms. The van der Waals surface area contributed by atoms with Crippen molar-refractivity contribution in [3.63, 3.8) is 0 Å². The molecule has 1 unspecified atom stereocenters. The molecule has 1 heterocycles. The van der Waals surface area contributed by atoms with Gasteiger partial charge in [0.1, 0.15) is 6.29 Å². The Morgan fingerprint density at radius 1 is 1.12 bits per heavy atom. The second-order valence-electron chi connectivity index (χ2n) is 7.74. The lowest BCUT2D eigenvalue weighted by Crippen LogP contribution is -2.44. The molecule has 4 nitrogen and oxygen atoms in total. The van der Waals surface area contributed by atoms with Crippen LogP contribution in [0.15, 0.2) is 64.2 Å².